The topological polar surface area (TPSA) is 64.8 Å². The van der Waals surface area contributed by atoms with Crippen LogP contribution >= 0.6 is 11.6 Å². The van der Waals surface area contributed by atoms with E-state index in [1.807, 2.05) is 7.05 Å². The summed E-state index contributed by atoms with van der Waals surface area (Å²) in [6.07, 6.45) is 2.89. The van der Waals surface area contributed by atoms with Crippen LogP contribution in [0.2, 0.25) is 5.02 Å². The van der Waals surface area contributed by atoms with Gasteiger partial charge in [0.05, 0.1) is 18.2 Å². The number of hydrogen-bond acceptors (Lipinski definition) is 5. The number of aromatic nitrogens is 1. The van der Waals surface area contributed by atoms with Gasteiger partial charge in [0.1, 0.15) is 11.4 Å². The molecule has 152 valence electrons. The van der Waals surface area contributed by atoms with Crippen LogP contribution in [0.3, 0.4) is 0 Å². The molecule has 0 aliphatic heterocycles. The molecule has 1 amide bonds. The summed E-state index contributed by atoms with van der Waals surface area (Å²) >= 11 is 6.28. The molecule has 1 saturated carbocycles. The molecule has 2 atom stereocenters. The van der Waals surface area contributed by atoms with Crippen molar-refractivity contribution in [3.05, 3.63) is 35.0 Å². The predicted molar refractivity (Wildman–Crippen MR) is 108 cm³/mol. The number of rotatable bonds is 7. The fourth-order valence-electron chi connectivity index (χ4n) is 4.42. The molecule has 7 heteroatoms. The molecule has 3 rings (SSSR count). The average molecular weight is 407 g/mol. The number of ether oxygens (including phenoxy) is 2. The first-order chi connectivity index (χ1) is 13.4. The van der Waals surface area contributed by atoms with E-state index in [0.717, 1.165) is 19.3 Å². The van der Waals surface area contributed by atoms with Crippen molar-refractivity contribution in [3.8, 4) is 17.0 Å². The molecule has 0 radical (unpaired) electrons. The van der Waals surface area contributed by atoms with E-state index in [2.05, 4.69) is 19.0 Å². The molecule has 28 heavy (non-hydrogen) atoms. The van der Waals surface area contributed by atoms with Gasteiger partial charge in [0.2, 0.25) is 5.76 Å². The molecule has 1 heterocycles. The van der Waals surface area contributed by atoms with Crippen LogP contribution in [0.5, 0.6) is 5.75 Å². The van der Waals surface area contributed by atoms with Crippen LogP contribution in [0.1, 0.15) is 43.7 Å². The Morgan fingerprint density at radius 2 is 2.04 bits per heavy atom. The minimum atomic E-state index is -0.191. The first-order valence-corrected chi connectivity index (χ1v) is 9.90. The number of carbonyl (C=O) groups is 1. The van der Waals surface area contributed by atoms with E-state index in [0.29, 0.717) is 22.0 Å². The highest BCUT2D eigenvalue weighted by molar-refractivity contribution is 6.33. The van der Waals surface area contributed by atoms with E-state index < -0.39 is 0 Å². The number of halogens is 1. The van der Waals surface area contributed by atoms with Gasteiger partial charge >= 0.3 is 0 Å². The number of benzene rings is 1. The highest BCUT2D eigenvalue weighted by Gasteiger charge is 2.55. The van der Waals surface area contributed by atoms with Gasteiger partial charge in [0, 0.05) is 37.2 Å². The summed E-state index contributed by atoms with van der Waals surface area (Å²) in [5.74, 6) is 0.658. The fraction of sp³-hybridized carbons (Fsp3) is 0.524. The zero-order valence-corrected chi connectivity index (χ0v) is 17.7. The maximum Gasteiger partial charge on any atom is 0.292 e. The number of methoxy groups -OCH3 is 2. The van der Waals surface area contributed by atoms with Gasteiger partial charge in [0.25, 0.3) is 5.91 Å². The molecule has 1 aliphatic rings. The Balaban J connectivity index is 1.83. The Labute approximate surface area is 170 Å². The lowest BCUT2D eigenvalue weighted by atomic mass is 9.58. The van der Waals surface area contributed by atoms with Gasteiger partial charge in [-0.15, -0.1) is 0 Å². The summed E-state index contributed by atoms with van der Waals surface area (Å²) in [5, 5.41) is 4.56. The Bertz CT molecular complexity index is 847. The summed E-state index contributed by atoms with van der Waals surface area (Å²) in [4.78, 5) is 14.8. The van der Waals surface area contributed by atoms with Crippen LogP contribution in [0.25, 0.3) is 11.3 Å². The molecule has 1 aromatic carbocycles. The molecule has 6 nitrogen and oxygen atoms in total. The van der Waals surface area contributed by atoms with Gasteiger partial charge in [0.15, 0.2) is 0 Å². The van der Waals surface area contributed by atoms with Crippen molar-refractivity contribution in [1.82, 2.24) is 10.1 Å². The lowest BCUT2D eigenvalue weighted by molar-refractivity contribution is -0.147. The van der Waals surface area contributed by atoms with Gasteiger partial charge < -0.3 is 18.9 Å². The number of nitrogens with zero attached hydrogens (tertiary/aromatic N) is 2. The molecule has 1 aromatic heterocycles. The fourth-order valence-corrected chi connectivity index (χ4v) is 4.64. The summed E-state index contributed by atoms with van der Waals surface area (Å²) in [6.45, 7) is 4.30. The first-order valence-electron chi connectivity index (χ1n) is 9.52. The summed E-state index contributed by atoms with van der Waals surface area (Å²) in [7, 11) is 5.14. The molecular formula is C21H27ClN2O4. The highest BCUT2D eigenvalue weighted by atomic mass is 35.5. The lowest BCUT2D eigenvalue weighted by Gasteiger charge is -2.57. The van der Waals surface area contributed by atoms with Crippen molar-refractivity contribution >= 4 is 17.5 Å². The monoisotopic (exact) mass is 406 g/mol. The lowest BCUT2D eigenvalue weighted by Crippen LogP contribution is -2.64. The Kier molecular flexibility index (Phi) is 6.01. The summed E-state index contributed by atoms with van der Waals surface area (Å²) < 4.78 is 16.3. The number of hydrogen-bond donors (Lipinski definition) is 0. The van der Waals surface area contributed by atoms with E-state index in [4.69, 9.17) is 25.6 Å². The second kappa shape index (κ2) is 8.13. The van der Waals surface area contributed by atoms with Crippen molar-refractivity contribution in [2.45, 2.75) is 45.3 Å². The van der Waals surface area contributed by atoms with Crippen LogP contribution in [0.15, 0.2) is 28.8 Å². The van der Waals surface area contributed by atoms with Crippen LogP contribution in [0, 0.1) is 5.41 Å². The van der Waals surface area contributed by atoms with Gasteiger partial charge in [-0.2, -0.15) is 0 Å². The zero-order valence-electron chi connectivity index (χ0n) is 17.0. The van der Waals surface area contributed by atoms with E-state index in [1.54, 1.807) is 43.4 Å². The molecule has 2 unspecified atom stereocenters. The molecular weight excluding hydrogens is 380 g/mol. The van der Waals surface area contributed by atoms with Crippen molar-refractivity contribution < 1.29 is 18.8 Å². The number of amides is 1. The van der Waals surface area contributed by atoms with E-state index in [9.17, 15) is 4.79 Å². The van der Waals surface area contributed by atoms with Crippen LogP contribution in [0.4, 0.5) is 0 Å². The van der Waals surface area contributed by atoms with Crippen molar-refractivity contribution in [3.63, 3.8) is 0 Å². The summed E-state index contributed by atoms with van der Waals surface area (Å²) in [5.41, 5.74) is 1.13. The third kappa shape index (κ3) is 3.29. The Morgan fingerprint density at radius 1 is 1.32 bits per heavy atom. The largest absolute Gasteiger partial charge is 0.497 e. The minimum absolute atomic E-state index is 0.0296. The second-order valence-electron chi connectivity index (χ2n) is 7.25. The van der Waals surface area contributed by atoms with Crippen LogP contribution in [-0.4, -0.2) is 49.4 Å². The Morgan fingerprint density at radius 3 is 2.64 bits per heavy atom. The smallest absolute Gasteiger partial charge is 0.292 e. The maximum atomic E-state index is 13.0. The summed E-state index contributed by atoms with van der Waals surface area (Å²) in [6, 6.07) is 7.00. The van der Waals surface area contributed by atoms with Gasteiger partial charge in [-0.1, -0.05) is 30.6 Å². The standard InChI is InChI=1S/C21H27ClN2O4/c1-6-21(7-2)18(12-19(21)27-5)24(3)20(25)17-11-16(23-28-17)14-10-13(26-4)8-9-15(14)22/h8-11,18-19H,6-7,12H2,1-5H3. The normalized spacial score (nSPS) is 20.5. The van der Waals surface area contributed by atoms with Gasteiger partial charge in [-0.25, -0.2) is 0 Å². The molecule has 0 spiro atoms. The molecule has 1 aliphatic carbocycles. The third-order valence-electron chi connectivity index (χ3n) is 6.30. The molecule has 1 fully saturated rings. The number of carbonyl (C=O) groups excluding carboxylic acids is 1. The minimum Gasteiger partial charge on any atom is -0.497 e. The van der Waals surface area contributed by atoms with Crippen molar-refractivity contribution in [1.29, 1.82) is 0 Å². The molecule has 0 bridgehead atoms. The van der Waals surface area contributed by atoms with Crippen molar-refractivity contribution in [2.75, 3.05) is 21.3 Å². The predicted octanol–water partition coefficient (Wildman–Crippen LogP) is 4.67. The second-order valence-corrected chi connectivity index (χ2v) is 7.66. The van der Waals surface area contributed by atoms with E-state index in [1.165, 1.54) is 0 Å². The quantitative estimate of drug-likeness (QED) is 0.668. The SMILES string of the molecule is CCC1(CC)C(OC)CC1N(C)C(=O)c1cc(-c2cc(OC)ccc2Cl)no1. The average Bonchev–Trinajstić information content (AvgIpc) is 3.18. The molecule has 0 N–H and O–H groups in total. The van der Waals surface area contributed by atoms with Crippen molar-refractivity contribution in [2.24, 2.45) is 5.41 Å². The highest BCUT2D eigenvalue weighted by Crippen LogP contribution is 2.51. The Hall–Kier alpha value is -2.05. The first kappa shape index (κ1) is 20.7. The zero-order chi connectivity index (χ0) is 20.5. The van der Waals surface area contributed by atoms with E-state index in [-0.39, 0.29) is 29.2 Å². The van der Waals surface area contributed by atoms with Gasteiger partial charge in [-0.05, 0) is 37.5 Å². The van der Waals surface area contributed by atoms with E-state index >= 15 is 0 Å². The van der Waals surface area contributed by atoms with Crippen LogP contribution < -0.4 is 4.74 Å². The maximum absolute atomic E-state index is 13.0. The van der Waals surface area contributed by atoms with Gasteiger partial charge in [-0.3, -0.25) is 4.79 Å². The molecule has 0 saturated heterocycles. The third-order valence-corrected chi connectivity index (χ3v) is 6.63. The molecule has 2 aromatic rings. The van der Waals surface area contributed by atoms with Crippen LogP contribution in [-0.2, 0) is 4.74 Å².